The number of hydrogen-bond donors (Lipinski definition) is 3. The van der Waals surface area contributed by atoms with Gasteiger partial charge in [0.05, 0.1) is 23.3 Å². The summed E-state index contributed by atoms with van der Waals surface area (Å²) in [7, 11) is 0. The second kappa shape index (κ2) is 5.01. The Bertz CT molecular complexity index is 603. The maximum Gasteiger partial charge on any atom is 0.248 e. The standard InChI is InChI=1S/C13H17N5O/c1-8(2)18-7-10(6-16-18)17-12-4-3-9(13(15)19)5-11(12)14/h3-8,17H,14H2,1-2H3,(H2,15,19). The number of primary amides is 1. The average molecular weight is 259 g/mol. The molecule has 19 heavy (non-hydrogen) atoms. The largest absolute Gasteiger partial charge is 0.397 e. The Morgan fingerprint density at radius 2 is 2.16 bits per heavy atom. The molecule has 0 radical (unpaired) electrons. The summed E-state index contributed by atoms with van der Waals surface area (Å²) in [6.45, 7) is 4.10. The summed E-state index contributed by atoms with van der Waals surface area (Å²) < 4.78 is 1.84. The lowest BCUT2D eigenvalue weighted by molar-refractivity contribution is 0.100. The van der Waals surface area contributed by atoms with Crippen LogP contribution in [-0.2, 0) is 0 Å². The van der Waals surface area contributed by atoms with Gasteiger partial charge in [-0.1, -0.05) is 0 Å². The van der Waals surface area contributed by atoms with Crippen LogP contribution in [0.4, 0.5) is 17.1 Å². The van der Waals surface area contributed by atoms with E-state index in [2.05, 4.69) is 10.4 Å². The van der Waals surface area contributed by atoms with Gasteiger partial charge >= 0.3 is 0 Å². The summed E-state index contributed by atoms with van der Waals surface area (Å²) >= 11 is 0. The number of nitrogens with one attached hydrogen (secondary N) is 1. The summed E-state index contributed by atoms with van der Waals surface area (Å²) in [5.74, 6) is -0.495. The molecule has 0 aliphatic heterocycles. The Morgan fingerprint density at radius 1 is 1.42 bits per heavy atom. The van der Waals surface area contributed by atoms with E-state index in [9.17, 15) is 4.79 Å². The minimum atomic E-state index is -0.495. The molecule has 1 aromatic heterocycles. The van der Waals surface area contributed by atoms with Crippen molar-refractivity contribution in [2.24, 2.45) is 5.73 Å². The highest BCUT2D eigenvalue weighted by Crippen LogP contribution is 2.24. The third-order valence-electron chi connectivity index (χ3n) is 2.75. The molecule has 0 fully saturated rings. The normalized spacial score (nSPS) is 10.7. The minimum Gasteiger partial charge on any atom is -0.397 e. The van der Waals surface area contributed by atoms with Crippen LogP contribution in [0.3, 0.4) is 0 Å². The summed E-state index contributed by atoms with van der Waals surface area (Å²) in [6, 6.07) is 5.21. The van der Waals surface area contributed by atoms with Gasteiger partial charge in [0.15, 0.2) is 0 Å². The van der Waals surface area contributed by atoms with E-state index in [0.717, 1.165) is 5.69 Å². The number of nitrogen functional groups attached to an aromatic ring is 1. The van der Waals surface area contributed by atoms with Crippen molar-refractivity contribution in [1.29, 1.82) is 0 Å². The van der Waals surface area contributed by atoms with Gasteiger partial charge in [-0.3, -0.25) is 9.48 Å². The minimum absolute atomic E-state index is 0.296. The molecule has 6 nitrogen and oxygen atoms in total. The number of amides is 1. The molecule has 0 spiro atoms. The van der Waals surface area contributed by atoms with Gasteiger partial charge in [-0.15, -0.1) is 0 Å². The molecular formula is C13H17N5O. The summed E-state index contributed by atoms with van der Waals surface area (Å²) in [5.41, 5.74) is 13.5. The van der Waals surface area contributed by atoms with Crippen molar-refractivity contribution in [2.75, 3.05) is 11.1 Å². The first-order valence-corrected chi connectivity index (χ1v) is 5.98. The summed E-state index contributed by atoms with van der Waals surface area (Å²) in [6.07, 6.45) is 3.62. The predicted octanol–water partition coefficient (Wildman–Crippen LogP) is 1.89. The number of carbonyl (C=O) groups excluding carboxylic acids is 1. The van der Waals surface area contributed by atoms with Gasteiger partial charge in [0, 0.05) is 17.8 Å². The smallest absolute Gasteiger partial charge is 0.248 e. The zero-order valence-electron chi connectivity index (χ0n) is 10.9. The van der Waals surface area contributed by atoms with Crippen molar-refractivity contribution in [3.8, 4) is 0 Å². The van der Waals surface area contributed by atoms with Crippen LogP contribution in [0, 0.1) is 0 Å². The second-order valence-corrected chi connectivity index (χ2v) is 4.59. The van der Waals surface area contributed by atoms with Gasteiger partial charge in [0.25, 0.3) is 0 Å². The first-order chi connectivity index (χ1) is 8.97. The molecule has 2 rings (SSSR count). The fourth-order valence-corrected chi connectivity index (χ4v) is 1.67. The highest BCUT2D eigenvalue weighted by Gasteiger charge is 2.07. The van der Waals surface area contributed by atoms with Gasteiger partial charge in [-0.05, 0) is 32.0 Å². The molecule has 1 amide bonds. The third kappa shape index (κ3) is 2.85. The maximum atomic E-state index is 11.0. The van der Waals surface area contributed by atoms with Crippen LogP contribution in [0.5, 0.6) is 0 Å². The second-order valence-electron chi connectivity index (χ2n) is 4.59. The molecule has 1 heterocycles. The number of hydrogen-bond acceptors (Lipinski definition) is 4. The lowest BCUT2D eigenvalue weighted by atomic mass is 10.1. The maximum absolute atomic E-state index is 11.0. The summed E-state index contributed by atoms with van der Waals surface area (Å²) in [4.78, 5) is 11.0. The van der Waals surface area contributed by atoms with E-state index in [0.29, 0.717) is 23.0 Å². The third-order valence-corrected chi connectivity index (χ3v) is 2.75. The Kier molecular flexibility index (Phi) is 3.41. The van der Waals surface area contributed by atoms with Crippen molar-refractivity contribution in [1.82, 2.24) is 9.78 Å². The van der Waals surface area contributed by atoms with Crippen molar-refractivity contribution < 1.29 is 4.79 Å². The number of carbonyl (C=O) groups is 1. The Hall–Kier alpha value is -2.50. The zero-order chi connectivity index (χ0) is 14.0. The molecule has 1 aromatic carbocycles. The number of nitrogens with zero attached hydrogens (tertiary/aromatic N) is 2. The van der Waals surface area contributed by atoms with Crippen molar-refractivity contribution >= 4 is 23.0 Å². The quantitative estimate of drug-likeness (QED) is 0.730. The van der Waals surface area contributed by atoms with E-state index >= 15 is 0 Å². The SMILES string of the molecule is CC(C)n1cc(Nc2ccc(C(N)=O)cc2N)cn1. The highest BCUT2D eigenvalue weighted by molar-refractivity contribution is 5.95. The summed E-state index contributed by atoms with van der Waals surface area (Å²) in [5, 5.41) is 7.38. The molecule has 0 atom stereocenters. The molecule has 6 heteroatoms. The Labute approximate surface area is 111 Å². The molecule has 0 bridgehead atoms. The molecule has 0 saturated carbocycles. The number of anilines is 3. The van der Waals surface area contributed by atoms with Crippen molar-refractivity contribution in [3.05, 3.63) is 36.2 Å². The molecule has 0 aliphatic rings. The van der Waals surface area contributed by atoms with E-state index < -0.39 is 5.91 Å². The van der Waals surface area contributed by atoms with Gasteiger partial charge in [0.1, 0.15) is 0 Å². The number of rotatable bonds is 4. The van der Waals surface area contributed by atoms with E-state index in [4.69, 9.17) is 11.5 Å². The first-order valence-electron chi connectivity index (χ1n) is 5.98. The lowest BCUT2D eigenvalue weighted by Crippen LogP contribution is -2.11. The number of nitrogens with two attached hydrogens (primary N) is 2. The topological polar surface area (TPSA) is 99.0 Å². The molecule has 0 unspecified atom stereocenters. The zero-order valence-corrected chi connectivity index (χ0v) is 10.9. The van der Waals surface area contributed by atoms with Crippen molar-refractivity contribution in [2.45, 2.75) is 19.9 Å². The van der Waals surface area contributed by atoms with E-state index in [-0.39, 0.29) is 0 Å². The predicted molar refractivity (Wildman–Crippen MR) is 75.3 cm³/mol. The van der Waals surface area contributed by atoms with E-state index in [1.165, 1.54) is 0 Å². The van der Waals surface area contributed by atoms with Crippen molar-refractivity contribution in [3.63, 3.8) is 0 Å². The van der Waals surface area contributed by atoms with Crippen LogP contribution < -0.4 is 16.8 Å². The molecule has 100 valence electrons. The van der Waals surface area contributed by atoms with Crippen LogP contribution in [0.2, 0.25) is 0 Å². The van der Waals surface area contributed by atoms with Crippen LogP contribution in [-0.4, -0.2) is 15.7 Å². The molecule has 2 aromatic rings. The molecule has 5 N–H and O–H groups in total. The molecule has 0 aliphatic carbocycles. The Balaban J connectivity index is 2.20. The van der Waals surface area contributed by atoms with E-state index in [1.54, 1.807) is 24.4 Å². The van der Waals surface area contributed by atoms with Gasteiger partial charge < -0.3 is 16.8 Å². The monoisotopic (exact) mass is 259 g/mol. The molecule has 0 saturated heterocycles. The van der Waals surface area contributed by atoms with Crippen LogP contribution in [0.15, 0.2) is 30.6 Å². The van der Waals surface area contributed by atoms with Crippen LogP contribution >= 0.6 is 0 Å². The van der Waals surface area contributed by atoms with Gasteiger partial charge in [-0.2, -0.15) is 5.10 Å². The first kappa shape index (κ1) is 12.9. The van der Waals surface area contributed by atoms with E-state index in [1.807, 2.05) is 24.7 Å². The fourth-order valence-electron chi connectivity index (χ4n) is 1.67. The van der Waals surface area contributed by atoms with Crippen LogP contribution in [0.25, 0.3) is 0 Å². The lowest BCUT2D eigenvalue weighted by Gasteiger charge is -2.08. The highest BCUT2D eigenvalue weighted by atomic mass is 16.1. The van der Waals surface area contributed by atoms with Gasteiger partial charge in [-0.25, -0.2) is 0 Å². The number of aromatic nitrogens is 2. The Morgan fingerprint density at radius 3 is 2.68 bits per heavy atom. The average Bonchev–Trinajstić information content (AvgIpc) is 2.80. The van der Waals surface area contributed by atoms with Gasteiger partial charge in [0.2, 0.25) is 5.91 Å². The molecular weight excluding hydrogens is 242 g/mol. The fraction of sp³-hybridized carbons (Fsp3) is 0.231. The van der Waals surface area contributed by atoms with Crippen LogP contribution in [0.1, 0.15) is 30.2 Å². The number of benzene rings is 1.